The molecular weight excluding hydrogens is 248 g/mol. The molecule has 0 amide bonds. The molecule has 2 aromatic rings. The van der Waals surface area contributed by atoms with Crippen molar-refractivity contribution >= 4 is 5.69 Å². The summed E-state index contributed by atoms with van der Waals surface area (Å²) in [5, 5.41) is 19.3. The Balaban J connectivity index is 2.28. The molecular formula is C12H8N4O3. The first-order valence-electron chi connectivity index (χ1n) is 5.26. The zero-order valence-electron chi connectivity index (χ0n) is 9.90. The Bertz CT molecular complexity index is 679. The first kappa shape index (κ1) is 12.4. The number of hydrogen-bond donors (Lipinski definition) is 0. The molecule has 0 saturated heterocycles. The summed E-state index contributed by atoms with van der Waals surface area (Å²) >= 11 is 0. The number of hydrogen-bond acceptors (Lipinski definition) is 6. The summed E-state index contributed by atoms with van der Waals surface area (Å²) in [5.74, 6) is 0.403. The molecule has 1 heterocycles. The number of ether oxygens (including phenoxy) is 1. The van der Waals surface area contributed by atoms with Crippen molar-refractivity contribution in [3.63, 3.8) is 0 Å². The molecule has 7 heteroatoms. The second-order valence-corrected chi connectivity index (χ2v) is 3.65. The van der Waals surface area contributed by atoms with Crippen molar-refractivity contribution in [1.82, 2.24) is 9.97 Å². The van der Waals surface area contributed by atoms with E-state index in [1.165, 1.54) is 30.5 Å². The van der Waals surface area contributed by atoms with Crippen LogP contribution < -0.4 is 4.74 Å². The zero-order valence-corrected chi connectivity index (χ0v) is 9.90. The molecule has 1 aromatic heterocycles. The standard InChI is InChI=1S/C12H8N4O3/c1-8-6-10(16(17)18)2-3-11(8)19-12-14-5-4-9(7-13)15-12/h2-6H,1H3. The van der Waals surface area contributed by atoms with Gasteiger partial charge in [-0.1, -0.05) is 0 Å². The van der Waals surface area contributed by atoms with E-state index in [1.807, 2.05) is 6.07 Å². The van der Waals surface area contributed by atoms with Gasteiger partial charge in [0, 0.05) is 18.3 Å². The number of aryl methyl sites for hydroxylation is 1. The van der Waals surface area contributed by atoms with E-state index in [4.69, 9.17) is 10.00 Å². The van der Waals surface area contributed by atoms with E-state index in [2.05, 4.69) is 9.97 Å². The Hall–Kier alpha value is -3.01. The van der Waals surface area contributed by atoms with E-state index in [-0.39, 0.29) is 17.4 Å². The van der Waals surface area contributed by atoms with Gasteiger partial charge in [-0.05, 0) is 24.6 Å². The van der Waals surface area contributed by atoms with Crippen LogP contribution in [0.1, 0.15) is 11.3 Å². The Morgan fingerprint density at radius 2 is 2.21 bits per heavy atom. The van der Waals surface area contributed by atoms with Crippen molar-refractivity contribution in [3.05, 3.63) is 51.8 Å². The SMILES string of the molecule is Cc1cc([N+](=O)[O-])ccc1Oc1nccc(C#N)n1. The van der Waals surface area contributed by atoms with Crippen molar-refractivity contribution in [2.75, 3.05) is 0 Å². The van der Waals surface area contributed by atoms with Gasteiger partial charge >= 0.3 is 6.01 Å². The molecule has 0 atom stereocenters. The molecule has 0 saturated carbocycles. The smallest absolute Gasteiger partial charge is 0.323 e. The van der Waals surface area contributed by atoms with Crippen molar-refractivity contribution in [2.24, 2.45) is 0 Å². The Morgan fingerprint density at radius 3 is 2.84 bits per heavy atom. The van der Waals surface area contributed by atoms with Gasteiger partial charge in [0.15, 0.2) is 0 Å². The predicted molar refractivity (Wildman–Crippen MR) is 64.7 cm³/mol. The minimum Gasteiger partial charge on any atom is -0.424 e. The van der Waals surface area contributed by atoms with Gasteiger partial charge in [-0.3, -0.25) is 10.1 Å². The average molecular weight is 256 g/mol. The van der Waals surface area contributed by atoms with Crippen LogP contribution in [0.4, 0.5) is 5.69 Å². The van der Waals surface area contributed by atoms with Crippen LogP contribution in [0.2, 0.25) is 0 Å². The summed E-state index contributed by atoms with van der Waals surface area (Å²) < 4.78 is 5.39. The maximum atomic E-state index is 10.6. The first-order chi connectivity index (χ1) is 9.10. The summed E-state index contributed by atoms with van der Waals surface area (Å²) in [6.07, 6.45) is 1.40. The third-order valence-corrected chi connectivity index (χ3v) is 2.32. The number of non-ortho nitro benzene ring substituents is 1. The Labute approximate surface area is 108 Å². The molecule has 0 unspecified atom stereocenters. The highest BCUT2D eigenvalue weighted by Gasteiger charge is 2.10. The van der Waals surface area contributed by atoms with Crippen LogP contribution in [-0.2, 0) is 0 Å². The second-order valence-electron chi connectivity index (χ2n) is 3.65. The lowest BCUT2D eigenvalue weighted by molar-refractivity contribution is -0.384. The Morgan fingerprint density at radius 1 is 1.42 bits per heavy atom. The van der Waals surface area contributed by atoms with Gasteiger partial charge in [-0.25, -0.2) is 4.98 Å². The molecule has 1 aromatic carbocycles. The van der Waals surface area contributed by atoms with Crippen LogP contribution in [0.15, 0.2) is 30.5 Å². The number of aromatic nitrogens is 2. The van der Waals surface area contributed by atoms with Crippen molar-refractivity contribution < 1.29 is 9.66 Å². The zero-order chi connectivity index (χ0) is 13.8. The van der Waals surface area contributed by atoms with Gasteiger partial charge < -0.3 is 4.74 Å². The van der Waals surface area contributed by atoms with Crippen molar-refractivity contribution in [3.8, 4) is 17.8 Å². The summed E-state index contributed by atoms with van der Waals surface area (Å²) in [7, 11) is 0. The van der Waals surface area contributed by atoms with E-state index in [9.17, 15) is 10.1 Å². The number of nitro benzene ring substituents is 1. The lowest BCUT2D eigenvalue weighted by Gasteiger charge is -2.06. The van der Waals surface area contributed by atoms with Gasteiger partial charge in [0.25, 0.3) is 5.69 Å². The van der Waals surface area contributed by atoms with Gasteiger partial charge in [-0.2, -0.15) is 10.2 Å². The fraction of sp³-hybridized carbons (Fsp3) is 0.0833. The van der Waals surface area contributed by atoms with E-state index in [1.54, 1.807) is 6.92 Å². The van der Waals surface area contributed by atoms with Crippen LogP contribution in [0.25, 0.3) is 0 Å². The topological polar surface area (TPSA) is 102 Å². The normalized spacial score (nSPS) is 9.68. The number of nitro groups is 1. The minimum absolute atomic E-state index is 0.0171. The molecule has 19 heavy (non-hydrogen) atoms. The Kier molecular flexibility index (Phi) is 3.34. The molecule has 7 nitrogen and oxygen atoms in total. The third-order valence-electron chi connectivity index (χ3n) is 2.32. The van der Waals surface area contributed by atoms with E-state index < -0.39 is 4.92 Å². The van der Waals surface area contributed by atoms with Crippen LogP contribution in [0.3, 0.4) is 0 Å². The largest absolute Gasteiger partial charge is 0.424 e. The summed E-state index contributed by atoms with van der Waals surface area (Å²) in [6, 6.07) is 7.54. The lowest BCUT2D eigenvalue weighted by atomic mass is 10.2. The summed E-state index contributed by atoms with van der Waals surface area (Å²) in [5.41, 5.74) is 0.751. The average Bonchev–Trinajstić information content (AvgIpc) is 2.41. The van der Waals surface area contributed by atoms with Crippen LogP contribution in [-0.4, -0.2) is 14.9 Å². The fourth-order valence-electron chi connectivity index (χ4n) is 1.41. The molecule has 2 rings (SSSR count). The minimum atomic E-state index is -0.483. The van der Waals surface area contributed by atoms with Crippen LogP contribution in [0.5, 0.6) is 11.8 Å². The summed E-state index contributed by atoms with van der Waals surface area (Å²) in [4.78, 5) is 17.8. The lowest BCUT2D eigenvalue weighted by Crippen LogP contribution is -1.96. The predicted octanol–water partition coefficient (Wildman–Crippen LogP) is 2.36. The van der Waals surface area contributed by atoms with Gasteiger partial charge in [0.1, 0.15) is 17.5 Å². The van der Waals surface area contributed by atoms with Crippen molar-refractivity contribution in [1.29, 1.82) is 5.26 Å². The van der Waals surface area contributed by atoms with Crippen LogP contribution in [0, 0.1) is 28.4 Å². The molecule has 0 fully saturated rings. The molecule has 0 N–H and O–H groups in total. The van der Waals surface area contributed by atoms with Crippen molar-refractivity contribution in [2.45, 2.75) is 6.92 Å². The first-order valence-corrected chi connectivity index (χ1v) is 5.26. The monoisotopic (exact) mass is 256 g/mol. The molecule has 94 valence electrons. The second kappa shape index (κ2) is 5.10. The number of nitriles is 1. The highest BCUT2D eigenvalue weighted by atomic mass is 16.6. The van der Waals surface area contributed by atoms with E-state index >= 15 is 0 Å². The highest BCUT2D eigenvalue weighted by Crippen LogP contribution is 2.26. The molecule has 0 bridgehead atoms. The van der Waals surface area contributed by atoms with Gasteiger partial charge in [-0.15, -0.1) is 0 Å². The highest BCUT2D eigenvalue weighted by molar-refractivity contribution is 5.43. The third kappa shape index (κ3) is 2.81. The van der Waals surface area contributed by atoms with Gasteiger partial charge in [0.05, 0.1) is 4.92 Å². The van der Waals surface area contributed by atoms with Crippen LogP contribution >= 0.6 is 0 Å². The number of benzene rings is 1. The quantitative estimate of drug-likeness (QED) is 0.617. The molecule has 0 aliphatic heterocycles. The number of rotatable bonds is 3. The fourth-order valence-corrected chi connectivity index (χ4v) is 1.41. The molecule has 0 spiro atoms. The van der Waals surface area contributed by atoms with E-state index in [0.29, 0.717) is 11.3 Å². The van der Waals surface area contributed by atoms with Gasteiger partial charge in [0.2, 0.25) is 0 Å². The molecule has 0 aliphatic rings. The maximum absolute atomic E-state index is 10.6. The van der Waals surface area contributed by atoms with E-state index in [0.717, 1.165) is 0 Å². The number of nitrogens with zero attached hydrogens (tertiary/aromatic N) is 4. The summed E-state index contributed by atoms with van der Waals surface area (Å²) in [6.45, 7) is 1.68. The maximum Gasteiger partial charge on any atom is 0.323 e. The molecule has 0 radical (unpaired) electrons. The molecule has 0 aliphatic carbocycles.